The minimum Gasteiger partial charge on any atom is -0.408 e. The predicted molar refractivity (Wildman–Crippen MR) is 51.2 cm³/mol. The zero-order valence-corrected chi connectivity index (χ0v) is 8.34. The minimum atomic E-state index is -4.25. The van der Waals surface area contributed by atoms with Gasteiger partial charge in [0, 0.05) is 7.05 Å². The van der Waals surface area contributed by atoms with Crippen LogP contribution in [0.5, 0.6) is 0 Å². The van der Waals surface area contributed by atoms with Crippen molar-refractivity contribution in [3.05, 3.63) is 34.3 Å². The monoisotopic (exact) mass is 231 g/mol. The summed E-state index contributed by atoms with van der Waals surface area (Å²) in [6, 6.07) is 3.99. The molecule has 0 aliphatic rings. The Morgan fingerprint density at radius 2 is 2.06 bits per heavy atom. The molecule has 6 heteroatoms. The minimum absolute atomic E-state index is 0.108. The van der Waals surface area contributed by atoms with E-state index >= 15 is 0 Å². The lowest BCUT2D eigenvalue weighted by Gasteiger charge is -2.05. The molecule has 2 aromatic rings. The summed E-state index contributed by atoms with van der Waals surface area (Å²) in [6.45, 7) is 0. The van der Waals surface area contributed by atoms with Crippen LogP contribution in [-0.4, -0.2) is 10.7 Å². The van der Waals surface area contributed by atoms with E-state index in [1.807, 2.05) is 0 Å². The summed E-state index contributed by atoms with van der Waals surface area (Å²) in [7, 11) is 1.45. The van der Waals surface area contributed by atoms with Crippen LogP contribution in [0.15, 0.2) is 27.4 Å². The molecule has 0 aliphatic heterocycles. The number of halogens is 3. The van der Waals surface area contributed by atoms with Gasteiger partial charge in [-0.2, -0.15) is 13.2 Å². The molecule has 0 unspecified atom stereocenters. The summed E-state index contributed by atoms with van der Waals surface area (Å²) in [5, 5.41) is 0. The van der Waals surface area contributed by atoms with Crippen molar-refractivity contribution in [1.82, 2.24) is 4.57 Å². The van der Waals surface area contributed by atoms with Crippen molar-refractivity contribution in [2.24, 2.45) is 7.05 Å². The molecular formula is C10H8F3NO2. The topological polar surface area (TPSA) is 35.1 Å². The molecule has 0 amide bonds. The Labute approximate surface area is 88.1 Å². The summed E-state index contributed by atoms with van der Waals surface area (Å²) in [5.74, 6) is -0.584. The van der Waals surface area contributed by atoms with Gasteiger partial charge in [-0.3, -0.25) is 4.57 Å². The second kappa shape index (κ2) is 3.40. The van der Waals surface area contributed by atoms with Crippen molar-refractivity contribution in [3.8, 4) is 0 Å². The first-order valence-electron chi connectivity index (χ1n) is 4.52. The Morgan fingerprint density at radius 3 is 2.69 bits per heavy atom. The number of hydrogen-bond acceptors (Lipinski definition) is 2. The lowest BCUT2D eigenvalue weighted by Crippen LogP contribution is -2.12. The molecule has 0 saturated carbocycles. The average Bonchev–Trinajstić information content (AvgIpc) is 2.42. The van der Waals surface area contributed by atoms with E-state index in [-0.39, 0.29) is 5.56 Å². The maximum atomic E-state index is 12.2. The largest absolute Gasteiger partial charge is 0.419 e. The third kappa shape index (κ3) is 1.95. The van der Waals surface area contributed by atoms with Gasteiger partial charge in [0.2, 0.25) is 0 Å². The number of hydrogen-bond donors (Lipinski definition) is 0. The molecule has 0 bridgehead atoms. The molecule has 0 atom stereocenters. The van der Waals surface area contributed by atoms with Gasteiger partial charge in [-0.05, 0) is 17.7 Å². The number of aryl methyl sites for hydroxylation is 1. The SMILES string of the molecule is Cn1c(=O)oc2ccc(CC(F)(F)F)cc21. The predicted octanol–water partition coefficient (Wildman–Crippen LogP) is 2.24. The highest BCUT2D eigenvalue weighted by atomic mass is 19.4. The molecule has 0 radical (unpaired) electrons. The number of nitrogens with zero attached hydrogens (tertiary/aromatic N) is 1. The molecule has 1 heterocycles. The van der Waals surface area contributed by atoms with E-state index in [9.17, 15) is 18.0 Å². The van der Waals surface area contributed by atoms with Gasteiger partial charge >= 0.3 is 11.9 Å². The van der Waals surface area contributed by atoms with E-state index in [1.54, 1.807) is 0 Å². The molecule has 1 aromatic heterocycles. The molecule has 0 fully saturated rings. The van der Waals surface area contributed by atoms with Gasteiger partial charge in [0.1, 0.15) is 0 Å². The second-order valence-electron chi connectivity index (χ2n) is 3.52. The third-order valence-corrected chi connectivity index (χ3v) is 2.26. The van der Waals surface area contributed by atoms with Gasteiger partial charge in [0.05, 0.1) is 11.9 Å². The first-order valence-corrected chi connectivity index (χ1v) is 4.52. The Balaban J connectivity index is 2.51. The number of oxazole rings is 1. The first kappa shape index (κ1) is 10.8. The summed E-state index contributed by atoms with van der Waals surface area (Å²) in [6.07, 6.45) is -5.27. The smallest absolute Gasteiger partial charge is 0.408 e. The fraction of sp³-hybridized carbons (Fsp3) is 0.300. The molecule has 0 saturated heterocycles. The van der Waals surface area contributed by atoms with Crippen molar-refractivity contribution in [1.29, 1.82) is 0 Å². The lowest BCUT2D eigenvalue weighted by atomic mass is 10.1. The normalized spacial score (nSPS) is 12.2. The first-order chi connectivity index (χ1) is 7.37. The Hall–Kier alpha value is -1.72. The van der Waals surface area contributed by atoms with Gasteiger partial charge in [-0.25, -0.2) is 4.79 Å². The highest BCUT2D eigenvalue weighted by molar-refractivity contribution is 5.73. The molecule has 0 aliphatic carbocycles. The van der Waals surface area contributed by atoms with E-state index in [0.29, 0.717) is 11.1 Å². The number of benzene rings is 1. The number of rotatable bonds is 1. The number of fused-ring (bicyclic) bond motifs is 1. The van der Waals surface area contributed by atoms with Crippen LogP contribution in [0.1, 0.15) is 5.56 Å². The standard InChI is InChI=1S/C10H8F3NO2/c1-14-7-4-6(5-10(11,12)13)2-3-8(7)16-9(14)15/h2-4H,5H2,1H3. The van der Waals surface area contributed by atoms with Crippen LogP contribution in [0.4, 0.5) is 13.2 Å². The van der Waals surface area contributed by atoms with E-state index in [0.717, 1.165) is 0 Å². The lowest BCUT2D eigenvalue weighted by molar-refractivity contribution is -0.127. The van der Waals surface area contributed by atoms with Crippen LogP contribution in [0.25, 0.3) is 11.1 Å². The van der Waals surface area contributed by atoms with E-state index in [2.05, 4.69) is 0 Å². The van der Waals surface area contributed by atoms with Gasteiger partial charge < -0.3 is 4.42 Å². The molecule has 86 valence electrons. The molecule has 16 heavy (non-hydrogen) atoms. The molecule has 1 aromatic carbocycles. The van der Waals surface area contributed by atoms with Gasteiger partial charge in [0.15, 0.2) is 5.58 Å². The van der Waals surface area contributed by atoms with E-state index < -0.39 is 18.4 Å². The van der Waals surface area contributed by atoms with Crippen molar-refractivity contribution >= 4 is 11.1 Å². The van der Waals surface area contributed by atoms with Crippen LogP contribution in [-0.2, 0) is 13.5 Å². The molecule has 3 nitrogen and oxygen atoms in total. The quantitative estimate of drug-likeness (QED) is 0.754. The van der Waals surface area contributed by atoms with Crippen LogP contribution < -0.4 is 5.76 Å². The highest BCUT2D eigenvalue weighted by Crippen LogP contribution is 2.23. The van der Waals surface area contributed by atoms with Gasteiger partial charge in [-0.15, -0.1) is 0 Å². The Bertz CT molecular complexity index is 580. The number of alkyl halides is 3. The van der Waals surface area contributed by atoms with Crippen LogP contribution in [0, 0.1) is 0 Å². The van der Waals surface area contributed by atoms with Crippen molar-refractivity contribution in [2.45, 2.75) is 12.6 Å². The summed E-state index contributed by atoms with van der Waals surface area (Å²) >= 11 is 0. The fourth-order valence-electron chi connectivity index (χ4n) is 1.51. The van der Waals surface area contributed by atoms with Crippen LogP contribution in [0.2, 0.25) is 0 Å². The Morgan fingerprint density at radius 1 is 1.38 bits per heavy atom. The van der Waals surface area contributed by atoms with Crippen molar-refractivity contribution in [3.63, 3.8) is 0 Å². The Kier molecular flexibility index (Phi) is 2.29. The fourth-order valence-corrected chi connectivity index (χ4v) is 1.51. The van der Waals surface area contributed by atoms with E-state index in [4.69, 9.17) is 4.42 Å². The average molecular weight is 231 g/mol. The van der Waals surface area contributed by atoms with E-state index in [1.165, 1.54) is 29.8 Å². The maximum Gasteiger partial charge on any atom is 0.419 e. The molecule has 2 rings (SSSR count). The zero-order chi connectivity index (χ0) is 11.9. The van der Waals surface area contributed by atoms with Crippen molar-refractivity contribution < 1.29 is 17.6 Å². The van der Waals surface area contributed by atoms with Crippen LogP contribution in [0.3, 0.4) is 0 Å². The molecule has 0 N–H and O–H groups in total. The summed E-state index contributed by atoms with van der Waals surface area (Å²) < 4.78 is 42.5. The summed E-state index contributed by atoms with van der Waals surface area (Å²) in [4.78, 5) is 11.1. The molecule has 0 spiro atoms. The van der Waals surface area contributed by atoms with Gasteiger partial charge in [0.25, 0.3) is 0 Å². The number of aromatic nitrogens is 1. The van der Waals surface area contributed by atoms with Crippen molar-refractivity contribution in [2.75, 3.05) is 0 Å². The molecular weight excluding hydrogens is 223 g/mol. The second-order valence-corrected chi connectivity index (χ2v) is 3.52. The maximum absolute atomic E-state index is 12.2. The summed E-state index contributed by atoms with van der Waals surface area (Å²) in [5.41, 5.74) is 0.765. The highest BCUT2D eigenvalue weighted by Gasteiger charge is 2.27. The third-order valence-electron chi connectivity index (χ3n) is 2.26. The van der Waals surface area contributed by atoms with Gasteiger partial charge in [-0.1, -0.05) is 6.07 Å². The van der Waals surface area contributed by atoms with Crippen LogP contribution >= 0.6 is 0 Å². The zero-order valence-electron chi connectivity index (χ0n) is 8.34.